The molecule has 0 bridgehead atoms. The first-order valence-corrected chi connectivity index (χ1v) is 8.89. The van der Waals surface area contributed by atoms with Crippen molar-refractivity contribution < 1.29 is 13.2 Å². The van der Waals surface area contributed by atoms with E-state index in [-0.39, 0.29) is 5.75 Å². The number of nitrogens with zero attached hydrogens (tertiary/aromatic N) is 1. The Morgan fingerprint density at radius 3 is 2.63 bits per heavy atom. The van der Waals surface area contributed by atoms with Crippen molar-refractivity contribution in [3.63, 3.8) is 0 Å². The van der Waals surface area contributed by atoms with Crippen LogP contribution in [0.3, 0.4) is 0 Å². The van der Waals surface area contributed by atoms with E-state index in [0.29, 0.717) is 31.4 Å². The first-order chi connectivity index (χ1) is 8.90. The van der Waals surface area contributed by atoms with Gasteiger partial charge < -0.3 is 10.5 Å². The molecule has 0 amide bonds. The van der Waals surface area contributed by atoms with Gasteiger partial charge in [-0.2, -0.15) is 0 Å². The molecule has 2 unspecified atom stereocenters. The molecule has 1 aliphatic rings. The van der Waals surface area contributed by atoms with Crippen molar-refractivity contribution in [2.24, 2.45) is 5.73 Å². The van der Waals surface area contributed by atoms with Gasteiger partial charge in [-0.25, -0.2) is 8.42 Å². The smallest absolute Gasteiger partial charge is 0.152 e. The summed E-state index contributed by atoms with van der Waals surface area (Å²) in [6.07, 6.45) is 2.54. The van der Waals surface area contributed by atoms with Gasteiger partial charge in [-0.05, 0) is 26.2 Å². The average Bonchev–Trinajstić information content (AvgIpc) is 2.37. The molecule has 0 aromatic carbocycles. The van der Waals surface area contributed by atoms with Crippen molar-refractivity contribution in [3.8, 4) is 0 Å². The Kier molecular flexibility index (Phi) is 6.23. The van der Waals surface area contributed by atoms with Crippen molar-refractivity contribution in [1.82, 2.24) is 4.90 Å². The zero-order chi connectivity index (χ0) is 14.5. The maximum Gasteiger partial charge on any atom is 0.152 e. The summed E-state index contributed by atoms with van der Waals surface area (Å²) in [4.78, 5) is 2.26. The molecular weight excluding hydrogens is 264 g/mol. The van der Waals surface area contributed by atoms with Crippen LogP contribution in [0.4, 0.5) is 0 Å². The van der Waals surface area contributed by atoms with Gasteiger partial charge >= 0.3 is 0 Å². The quantitative estimate of drug-likeness (QED) is 0.745. The molecule has 19 heavy (non-hydrogen) atoms. The van der Waals surface area contributed by atoms with Crippen molar-refractivity contribution in [3.05, 3.63) is 0 Å². The summed E-state index contributed by atoms with van der Waals surface area (Å²) in [5.74, 6) is 0.484. The number of hydrogen-bond acceptors (Lipinski definition) is 5. The average molecular weight is 292 g/mol. The van der Waals surface area contributed by atoms with Crippen LogP contribution in [0.1, 0.15) is 33.1 Å². The monoisotopic (exact) mass is 292 g/mol. The molecule has 0 aromatic heterocycles. The van der Waals surface area contributed by atoms with Gasteiger partial charge in [0.15, 0.2) is 9.84 Å². The minimum atomic E-state index is -2.98. The van der Waals surface area contributed by atoms with Crippen LogP contribution in [0.2, 0.25) is 0 Å². The fourth-order valence-corrected chi connectivity index (χ4v) is 4.99. The Morgan fingerprint density at radius 2 is 2.16 bits per heavy atom. The maximum atomic E-state index is 12.0. The second-order valence-electron chi connectivity index (χ2n) is 5.57. The molecule has 0 aromatic rings. The van der Waals surface area contributed by atoms with E-state index in [1.165, 1.54) is 0 Å². The van der Waals surface area contributed by atoms with E-state index in [0.717, 1.165) is 19.4 Å². The predicted molar refractivity (Wildman–Crippen MR) is 78.0 cm³/mol. The number of methoxy groups -OCH3 is 1. The van der Waals surface area contributed by atoms with Crippen LogP contribution in [0, 0.1) is 0 Å². The fourth-order valence-electron chi connectivity index (χ4n) is 3.01. The van der Waals surface area contributed by atoms with E-state index >= 15 is 0 Å². The largest absolute Gasteiger partial charge is 0.383 e. The van der Waals surface area contributed by atoms with Crippen LogP contribution < -0.4 is 5.73 Å². The lowest BCUT2D eigenvalue weighted by molar-refractivity contribution is 0.0319. The highest BCUT2D eigenvalue weighted by Gasteiger charge is 2.43. The van der Waals surface area contributed by atoms with Gasteiger partial charge in [0.05, 0.1) is 18.1 Å². The number of nitrogens with two attached hydrogens (primary N) is 1. The highest BCUT2D eigenvalue weighted by molar-refractivity contribution is 7.91. The number of rotatable bonds is 7. The van der Waals surface area contributed by atoms with Gasteiger partial charge in [0.1, 0.15) is 0 Å². The fraction of sp³-hybridized carbons (Fsp3) is 1.00. The van der Waals surface area contributed by atoms with Gasteiger partial charge in [-0.1, -0.05) is 6.92 Å². The molecule has 0 spiro atoms. The number of ether oxygens (including phenoxy) is 1. The van der Waals surface area contributed by atoms with Crippen molar-refractivity contribution in [2.75, 3.05) is 38.3 Å². The molecule has 6 heteroatoms. The molecule has 1 rings (SSSR count). The van der Waals surface area contributed by atoms with Gasteiger partial charge in [0, 0.05) is 31.8 Å². The maximum absolute atomic E-state index is 12.0. The molecule has 5 nitrogen and oxygen atoms in total. The minimum absolute atomic E-state index is 0.185. The van der Waals surface area contributed by atoms with Crippen molar-refractivity contribution >= 4 is 9.84 Å². The van der Waals surface area contributed by atoms with E-state index in [2.05, 4.69) is 18.7 Å². The highest BCUT2D eigenvalue weighted by Crippen LogP contribution is 2.30. The zero-order valence-electron chi connectivity index (χ0n) is 12.4. The Morgan fingerprint density at radius 1 is 1.47 bits per heavy atom. The highest BCUT2D eigenvalue weighted by atomic mass is 32.2. The first kappa shape index (κ1) is 16.9. The molecule has 1 fully saturated rings. The van der Waals surface area contributed by atoms with Crippen LogP contribution >= 0.6 is 0 Å². The number of hydrogen-bond donors (Lipinski definition) is 1. The van der Waals surface area contributed by atoms with Crippen LogP contribution in [0.15, 0.2) is 0 Å². The second-order valence-corrected chi connectivity index (χ2v) is 7.75. The minimum Gasteiger partial charge on any atom is -0.383 e. The molecule has 2 N–H and O–H groups in total. The Balaban J connectivity index is 2.99. The summed E-state index contributed by atoms with van der Waals surface area (Å²) in [6.45, 7) is 5.98. The molecule has 0 radical (unpaired) electrons. The SMILES string of the molecule is CCC(C)N(CCOC)C1(CN)CCCS(=O)(=O)C1. The lowest BCUT2D eigenvalue weighted by Crippen LogP contribution is -2.63. The van der Waals surface area contributed by atoms with Crippen LogP contribution in [-0.2, 0) is 14.6 Å². The van der Waals surface area contributed by atoms with Crippen LogP contribution in [0.25, 0.3) is 0 Å². The normalized spacial score (nSPS) is 28.5. The summed E-state index contributed by atoms with van der Waals surface area (Å²) >= 11 is 0. The third kappa shape index (κ3) is 4.15. The van der Waals surface area contributed by atoms with E-state index in [9.17, 15) is 8.42 Å². The van der Waals surface area contributed by atoms with Crippen LogP contribution in [-0.4, -0.2) is 63.2 Å². The summed E-state index contributed by atoms with van der Waals surface area (Å²) in [6, 6.07) is 0.312. The van der Waals surface area contributed by atoms with Gasteiger partial charge in [-0.3, -0.25) is 4.90 Å². The molecule has 1 saturated heterocycles. The molecule has 0 aliphatic carbocycles. The van der Waals surface area contributed by atoms with Crippen LogP contribution in [0.5, 0.6) is 0 Å². The first-order valence-electron chi connectivity index (χ1n) is 7.07. The Hall–Kier alpha value is -0.170. The molecule has 0 saturated carbocycles. The lowest BCUT2D eigenvalue weighted by Gasteiger charge is -2.48. The molecule has 1 heterocycles. The van der Waals surface area contributed by atoms with E-state index in [1.54, 1.807) is 7.11 Å². The summed E-state index contributed by atoms with van der Waals surface area (Å²) in [7, 11) is -1.31. The molecular formula is C13H28N2O3S. The molecule has 1 aliphatic heterocycles. The second kappa shape index (κ2) is 7.02. The standard InChI is InChI=1S/C13H28N2O3S/c1-4-12(2)15(7-8-18-3)13(10-14)6-5-9-19(16,17)11-13/h12H,4-11,14H2,1-3H3. The lowest BCUT2D eigenvalue weighted by atomic mass is 9.91. The van der Waals surface area contributed by atoms with E-state index in [4.69, 9.17) is 10.5 Å². The summed E-state index contributed by atoms with van der Waals surface area (Å²) in [5, 5.41) is 0. The van der Waals surface area contributed by atoms with E-state index in [1.807, 2.05) is 0 Å². The van der Waals surface area contributed by atoms with Crippen molar-refractivity contribution in [1.29, 1.82) is 0 Å². The van der Waals surface area contributed by atoms with E-state index < -0.39 is 15.4 Å². The van der Waals surface area contributed by atoms with Crippen molar-refractivity contribution in [2.45, 2.75) is 44.7 Å². The molecule has 2 atom stereocenters. The Labute approximate surface area is 117 Å². The van der Waals surface area contributed by atoms with Gasteiger partial charge in [0.25, 0.3) is 0 Å². The molecule has 114 valence electrons. The predicted octanol–water partition coefficient (Wildman–Crippen LogP) is 0.639. The third-order valence-corrected chi connectivity index (χ3v) is 6.12. The topological polar surface area (TPSA) is 72.6 Å². The summed E-state index contributed by atoms with van der Waals surface area (Å²) < 4.78 is 29.2. The van der Waals surface area contributed by atoms with Gasteiger partial charge in [-0.15, -0.1) is 0 Å². The zero-order valence-corrected chi connectivity index (χ0v) is 13.2. The summed E-state index contributed by atoms with van der Waals surface area (Å²) in [5.41, 5.74) is 5.57. The number of sulfone groups is 1. The Bertz CT molecular complexity index is 372. The van der Waals surface area contributed by atoms with Gasteiger partial charge in [0.2, 0.25) is 0 Å². The third-order valence-electron chi connectivity index (χ3n) is 4.23.